The zero-order valence-corrected chi connectivity index (χ0v) is 14.8. The van der Waals surface area contributed by atoms with Gasteiger partial charge in [-0.1, -0.05) is 49.1 Å². The van der Waals surface area contributed by atoms with Gasteiger partial charge in [0.1, 0.15) is 0 Å². The molecular formula is C21H26O2. The summed E-state index contributed by atoms with van der Waals surface area (Å²) in [5.41, 5.74) is 6.25. The van der Waals surface area contributed by atoms with Crippen molar-refractivity contribution >= 4 is 12.2 Å². The minimum atomic E-state index is 0.731. The maximum Gasteiger partial charge on any atom is 0.161 e. The average Bonchev–Trinajstić information content (AvgIpc) is 2.54. The Morgan fingerprint density at radius 3 is 1.78 bits per heavy atom. The molecule has 23 heavy (non-hydrogen) atoms. The van der Waals surface area contributed by atoms with Crippen LogP contribution in [-0.2, 0) is 0 Å². The quantitative estimate of drug-likeness (QED) is 0.731. The van der Waals surface area contributed by atoms with Gasteiger partial charge in [-0.2, -0.15) is 0 Å². The molecule has 0 N–H and O–H groups in total. The number of aryl methyl sites for hydroxylation is 3. The summed E-state index contributed by atoms with van der Waals surface area (Å²) >= 11 is 0. The summed E-state index contributed by atoms with van der Waals surface area (Å²) < 4.78 is 10.2. The normalized spacial score (nSPS) is 9.43. The highest BCUT2D eigenvalue weighted by Crippen LogP contribution is 2.27. The predicted octanol–water partition coefficient (Wildman–Crippen LogP) is 5.60. The van der Waals surface area contributed by atoms with Gasteiger partial charge in [0.2, 0.25) is 0 Å². The van der Waals surface area contributed by atoms with Gasteiger partial charge >= 0.3 is 0 Å². The van der Waals surface area contributed by atoms with E-state index in [1.54, 1.807) is 20.3 Å². The molecular weight excluding hydrogens is 284 g/mol. The lowest BCUT2D eigenvalue weighted by Gasteiger charge is -2.07. The van der Waals surface area contributed by atoms with Gasteiger partial charge in [0, 0.05) is 0 Å². The van der Waals surface area contributed by atoms with Crippen LogP contribution in [0.4, 0.5) is 0 Å². The summed E-state index contributed by atoms with van der Waals surface area (Å²) in [7, 11) is 3.23. The Balaban J connectivity index is 0.000000231. The fourth-order valence-corrected chi connectivity index (χ4v) is 2.49. The Kier molecular flexibility index (Phi) is 7.14. The minimum absolute atomic E-state index is 0.731. The molecule has 2 aromatic carbocycles. The van der Waals surface area contributed by atoms with Crippen molar-refractivity contribution in [3.63, 3.8) is 0 Å². The molecule has 0 bridgehead atoms. The third-order valence-electron chi connectivity index (χ3n) is 3.59. The molecule has 0 radical (unpaired) electrons. The molecule has 0 aliphatic carbocycles. The van der Waals surface area contributed by atoms with E-state index in [9.17, 15) is 0 Å². The molecule has 0 amide bonds. The highest BCUT2D eigenvalue weighted by Gasteiger charge is 2.01. The first-order valence-corrected chi connectivity index (χ1v) is 7.51. The molecule has 0 heterocycles. The summed E-state index contributed by atoms with van der Waals surface area (Å²) in [6.45, 7) is 13.8. The van der Waals surface area contributed by atoms with Crippen molar-refractivity contribution in [2.24, 2.45) is 0 Å². The number of benzene rings is 2. The molecule has 0 fully saturated rings. The topological polar surface area (TPSA) is 18.5 Å². The molecule has 0 saturated carbocycles. The highest BCUT2D eigenvalue weighted by molar-refractivity contribution is 5.57. The van der Waals surface area contributed by atoms with E-state index < -0.39 is 0 Å². The molecule has 0 saturated heterocycles. The number of methoxy groups -OCH3 is 2. The van der Waals surface area contributed by atoms with Crippen LogP contribution in [0.2, 0.25) is 0 Å². The molecule has 122 valence electrons. The summed E-state index contributed by atoms with van der Waals surface area (Å²) in [6.07, 6.45) is 3.69. The number of ether oxygens (including phenoxy) is 2. The monoisotopic (exact) mass is 310 g/mol. The second-order valence-electron chi connectivity index (χ2n) is 5.34. The van der Waals surface area contributed by atoms with Crippen molar-refractivity contribution in [2.75, 3.05) is 14.2 Å². The zero-order valence-electron chi connectivity index (χ0n) is 14.8. The molecule has 0 aromatic heterocycles. The second-order valence-corrected chi connectivity index (χ2v) is 5.34. The van der Waals surface area contributed by atoms with Crippen molar-refractivity contribution in [1.82, 2.24) is 0 Å². The standard InChI is InChI=1S/C11H14.C10H12O2/c1-5-11-9(3)6-8(2)7-10(11)4;1-4-8-5-6-9(11-2)10(7-8)12-3/h5-7H,1H2,2-4H3;4-7H,1H2,2-3H3. The molecule has 0 unspecified atom stereocenters. The Morgan fingerprint density at radius 2 is 1.35 bits per heavy atom. The van der Waals surface area contributed by atoms with E-state index in [4.69, 9.17) is 9.47 Å². The molecule has 2 aromatic rings. The highest BCUT2D eigenvalue weighted by atomic mass is 16.5. The van der Waals surface area contributed by atoms with E-state index in [2.05, 4.69) is 46.1 Å². The van der Waals surface area contributed by atoms with Crippen LogP contribution in [0, 0.1) is 20.8 Å². The fourth-order valence-electron chi connectivity index (χ4n) is 2.49. The number of hydrogen-bond donors (Lipinski definition) is 0. The van der Waals surface area contributed by atoms with Crippen LogP contribution in [0.1, 0.15) is 27.8 Å². The Hall–Kier alpha value is -2.48. The molecule has 0 spiro atoms. The molecule has 2 heteroatoms. The lowest BCUT2D eigenvalue weighted by atomic mass is 10.0. The maximum atomic E-state index is 5.11. The number of hydrogen-bond acceptors (Lipinski definition) is 2. The lowest BCUT2D eigenvalue weighted by Crippen LogP contribution is -1.90. The SMILES string of the molecule is C=Cc1c(C)cc(C)cc1C.C=Cc1ccc(OC)c(OC)c1. The second kappa shape index (κ2) is 8.84. The van der Waals surface area contributed by atoms with Gasteiger partial charge in [0.15, 0.2) is 11.5 Å². The fraction of sp³-hybridized carbons (Fsp3) is 0.238. The number of rotatable bonds is 4. The summed E-state index contributed by atoms with van der Waals surface area (Å²) in [5.74, 6) is 1.47. The van der Waals surface area contributed by atoms with Gasteiger partial charge in [0.05, 0.1) is 14.2 Å². The van der Waals surface area contributed by atoms with Crippen molar-refractivity contribution in [3.05, 3.63) is 71.3 Å². The maximum absolute atomic E-state index is 5.11. The van der Waals surface area contributed by atoms with Crippen LogP contribution in [0.3, 0.4) is 0 Å². The Morgan fingerprint density at radius 1 is 0.783 bits per heavy atom. The Labute approximate surface area is 140 Å². The van der Waals surface area contributed by atoms with Crippen LogP contribution in [-0.4, -0.2) is 14.2 Å². The van der Waals surface area contributed by atoms with E-state index in [-0.39, 0.29) is 0 Å². The van der Waals surface area contributed by atoms with Crippen LogP contribution in [0.15, 0.2) is 43.5 Å². The smallest absolute Gasteiger partial charge is 0.161 e. The van der Waals surface area contributed by atoms with Crippen molar-refractivity contribution in [3.8, 4) is 11.5 Å². The minimum Gasteiger partial charge on any atom is -0.493 e. The van der Waals surface area contributed by atoms with Gasteiger partial charge in [-0.25, -0.2) is 0 Å². The van der Waals surface area contributed by atoms with E-state index in [1.807, 2.05) is 24.3 Å². The Bertz CT molecular complexity index is 661. The van der Waals surface area contributed by atoms with Crippen LogP contribution in [0.5, 0.6) is 11.5 Å². The first-order chi connectivity index (χ1) is 11.0. The largest absolute Gasteiger partial charge is 0.493 e. The van der Waals surface area contributed by atoms with E-state index in [0.29, 0.717) is 0 Å². The third kappa shape index (κ3) is 5.03. The average molecular weight is 310 g/mol. The molecule has 2 nitrogen and oxygen atoms in total. The summed E-state index contributed by atoms with van der Waals surface area (Å²) in [4.78, 5) is 0. The predicted molar refractivity (Wildman–Crippen MR) is 100 cm³/mol. The van der Waals surface area contributed by atoms with Gasteiger partial charge < -0.3 is 9.47 Å². The zero-order chi connectivity index (χ0) is 17.4. The lowest BCUT2D eigenvalue weighted by molar-refractivity contribution is 0.355. The van der Waals surface area contributed by atoms with Crippen LogP contribution in [0.25, 0.3) is 12.2 Å². The first kappa shape index (κ1) is 18.6. The van der Waals surface area contributed by atoms with Gasteiger partial charge in [-0.3, -0.25) is 0 Å². The van der Waals surface area contributed by atoms with Crippen LogP contribution < -0.4 is 9.47 Å². The van der Waals surface area contributed by atoms with Crippen LogP contribution >= 0.6 is 0 Å². The van der Waals surface area contributed by atoms with E-state index in [1.165, 1.54) is 22.3 Å². The molecule has 2 rings (SSSR count). The van der Waals surface area contributed by atoms with Crippen molar-refractivity contribution in [1.29, 1.82) is 0 Å². The van der Waals surface area contributed by atoms with Gasteiger partial charge in [0.25, 0.3) is 0 Å². The van der Waals surface area contributed by atoms with Crippen molar-refractivity contribution < 1.29 is 9.47 Å². The van der Waals surface area contributed by atoms with Gasteiger partial charge in [-0.15, -0.1) is 0 Å². The third-order valence-corrected chi connectivity index (χ3v) is 3.59. The summed E-state index contributed by atoms with van der Waals surface area (Å²) in [5, 5.41) is 0. The molecule has 0 aliphatic rings. The molecule has 0 atom stereocenters. The summed E-state index contributed by atoms with van der Waals surface area (Å²) in [6, 6.07) is 10.0. The van der Waals surface area contributed by atoms with E-state index >= 15 is 0 Å². The van der Waals surface area contributed by atoms with E-state index in [0.717, 1.165) is 17.1 Å². The molecule has 0 aliphatic heterocycles. The van der Waals surface area contributed by atoms with Gasteiger partial charge in [-0.05, 0) is 55.2 Å². The van der Waals surface area contributed by atoms with Crippen molar-refractivity contribution in [2.45, 2.75) is 20.8 Å². The first-order valence-electron chi connectivity index (χ1n) is 7.51.